The van der Waals surface area contributed by atoms with Crippen molar-refractivity contribution in [3.8, 4) is 0 Å². The van der Waals surface area contributed by atoms with Crippen LogP contribution in [0.2, 0.25) is 0 Å². The summed E-state index contributed by atoms with van der Waals surface area (Å²) in [5, 5.41) is 20.9. The number of amides is 5. The molecule has 0 fully saturated rings. The molecule has 0 saturated carbocycles. The predicted molar refractivity (Wildman–Crippen MR) is 131 cm³/mol. The Labute approximate surface area is 210 Å². The van der Waals surface area contributed by atoms with E-state index in [2.05, 4.69) is 39.2 Å². The van der Waals surface area contributed by atoms with Gasteiger partial charge in [-0.25, -0.2) is 0 Å². The topological polar surface area (TPSA) is 209 Å². The predicted octanol–water partition coefficient (Wildman–Crippen LogP) is -3.27. The second-order valence-electron chi connectivity index (χ2n) is 8.63. The number of carbonyl (C=O) groups excluding carboxylic acids is 6. The van der Waals surface area contributed by atoms with Crippen molar-refractivity contribution in [3.63, 3.8) is 0 Å². The monoisotopic (exact) mass is 517 g/mol. The minimum absolute atomic E-state index is 0.0652. The lowest BCUT2D eigenvalue weighted by Crippen LogP contribution is -2.56. The van der Waals surface area contributed by atoms with Crippen LogP contribution in [0, 0.1) is 11.8 Å². The Morgan fingerprint density at radius 3 is 1.89 bits per heavy atom. The molecular formula is C21H37N6O7S. The van der Waals surface area contributed by atoms with E-state index in [0.717, 1.165) is 0 Å². The van der Waals surface area contributed by atoms with Crippen molar-refractivity contribution >= 4 is 48.5 Å². The SMILES string of the molecule is CC(C)C[C@H](NC(=O)[C@@H](N)CS)C(=O)NCC(=O)N[C@H](C(=O)NCC(=O)N[C@H]([C]=O)CO)C(C)C. The van der Waals surface area contributed by atoms with Crippen molar-refractivity contribution in [2.24, 2.45) is 17.6 Å². The molecule has 35 heavy (non-hydrogen) atoms. The van der Waals surface area contributed by atoms with Crippen molar-refractivity contribution in [1.82, 2.24) is 26.6 Å². The Morgan fingerprint density at radius 2 is 1.43 bits per heavy atom. The van der Waals surface area contributed by atoms with Crippen LogP contribution in [0.4, 0.5) is 0 Å². The lowest BCUT2D eigenvalue weighted by atomic mass is 10.0. The molecule has 4 atom stereocenters. The van der Waals surface area contributed by atoms with Crippen LogP contribution in [0.3, 0.4) is 0 Å². The van der Waals surface area contributed by atoms with Gasteiger partial charge in [0.1, 0.15) is 18.1 Å². The van der Waals surface area contributed by atoms with Gasteiger partial charge in [-0.3, -0.25) is 28.8 Å². The zero-order valence-electron chi connectivity index (χ0n) is 20.4. The number of rotatable bonds is 16. The highest BCUT2D eigenvalue weighted by atomic mass is 32.1. The summed E-state index contributed by atoms with van der Waals surface area (Å²) in [6.07, 6.45) is 1.74. The molecule has 0 heterocycles. The fourth-order valence-corrected chi connectivity index (χ4v) is 2.92. The Kier molecular flexibility index (Phi) is 15.5. The second-order valence-corrected chi connectivity index (χ2v) is 8.99. The van der Waals surface area contributed by atoms with Gasteiger partial charge in [-0.1, -0.05) is 27.7 Å². The molecule has 0 aliphatic rings. The first-order chi connectivity index (χ1) is 16.4. The van der Waals surface area contributed by atoms with Crippen molar-refractivity contribution in [3.05, 3.63) is 0 Å². The van der Waals surface area contributed by atoms with Crippen LogP contribution in [0.5, 0.6) is 0 Å². The molecule has 0 aromatic carbocycles. The average molecular weight is 518 g/mol. The molecule has 0 aromatic heterocycles. The van der Waals surface area contributed by atoms with E-state index >= 15 is 0 Å². The van der Waals surface area contributed by atoms with E-state index in [-0.39, 0.29) is 17.6 Å². The fourth-order valence-electron chi connectivity index (χ4n) is 2.75. The molecule has 0 aliphatic heterocycles. The van der Waals surface area contributed by atoms with E-state index in [1.807, 2.05) is 13.8 Å². The Morgan fingerprint density at radius 1 is 0.886 bits per heavy atom. The molecular weight excluding hydrogens is 480 g/mol. The number of thiol groups is 1. The van der Waals surface area contributed by atoms with E-state index < -0.39 is 73.4 Å². The van der Waals surface area contributed by atoms with Gasteiger partial charge >= 0.3 is 0 Å². The van der Waals surface area contributed by atoms with E-state index in [1.54, 1.807) is 13.8 Å². The van der Waals surface area contributed by atoms with Gasteiger partial charge in [-0.2, -0.15) is 12.6 Å². The van der Waals surface area contributed by atoms with Crippen LogP contribution in [-0.4, -0.2) is 90.5 Å². The van der Waals surface area contributed by atoms with E-state index in [1.165, 1.54) is 6.29 Å². The zero-order chi connectivity index (χ0) is 27.1. The quantitative estimate of drug-likeness (QED) is 0.0972. The van der Waals surface area contributed by atoms with Crippen LogP contribution >= 0.6 is 12.6 Å². The summed E-state index contributed by atoms with van der Waals surface area (Å²) in [7, 11) is 0. The number of aliphatic hydroxyl groups is 1. The molecule has 0 unspecified atom stereocenters. The van der Waals surface area contributed by atoms with Crippen LogP contribution in [0.25, 0.3) is 0 Å². The van der Waals surface area contributed by atoms with Crippen LogP contribution < -0.4 is 32.3 Å². The molecule has 14 heteroatoms. The maximum Gasteiger partial charge on any atom is 0.243 e. The first-order valence-electron chi connectivity index (χ1n) is 11.2. The molecule has 199 valence electrons. The first-order valence-corrected chi connectivity index (χ1v) is 11.8. The maximum absolute atomic E-state index is 12.6. The Balaban J connectivity index is 4.90. The van der Waals surface area contributed by atoms with Crippen molar-refractivity contribution in [1.29, 1.82) is 0 Å². The number of carbonyl (C=O) groups is 5. The van der Waals surface area contributed by atoms with Gasteiger partial charge in [0.05, 0.1) is 25.7 Å². The minimum atomic E-state index is -1.21. The number of nitrogens with two attached hydrogens (primary N) is 1. The second kappa shape index (κ2) is 16.8. The Bertz CT molecular complexity index is 750. The summed E-state index contributed by atoms with van der Waals surface area (Å²) in [5.41, 5.74) is 5.64. The lowest BCUT2D eigenvalue weighted by Gasteiger charge is -2.23. The molecule has 0 spiro atoms. The van der Waals surface area contributed by atoms with Crippen molar-refractivity contribution in [2.75, 3.05) is 25.4 Å². The van der Waals surface area contributed by atoms with E-state index in [0.29, 0.717) is 6.42 Å². The normalized spacial score (nSPS) is 14.3. The van der Waals surface area contributed by atoms with E-state index in [4.69, 9.17) is 10.8 Å². The van der Waals surface area contributed by atoms with Gasteiger partial charge in [0.25, 0.3) is 0 Å². The smallest absolute Gasteiger partial charge is 0.243 e. The van der Waals surface area contributed by atoms with Gasteiger partial charge in [0.2, 0.25) is 35.8 Å². The number of aliphatic hydroxyl groups excluding tert-OH is 1. The number of hydrogen-bond acceptors (Lipinski definition) is 9. The van der Waals surface area contributed by atoms with Gasteiger partial charge < -0.3 is 37.4 Å². The summed E-state index contributed by atoms with van der Waals surface area (Å²) in [5.74, 6) is -3.36. The summed E-state index contributed by atoms with van der Waals surface area (Å²) in [6, 6.07) is -4.02. The largest absolute Gasteiger partial charge is 0.394 e. The summed E-state index contributed by atoms with van der Waals surface area (Å²) in [6.45, 7) is 5.50. The van der Waals surface area contributed by atoms with Crippen LogP contribution in [0.1, 0.15) is 34.1 Å². The van der Waals surface area contributed by atoms with E-state index in [9.17, 15) is 28.8 Å². The fraction of sp³-hybridized carbons (Fsp3) is 0.714. The molecule has 13 nitrogen and oxygen atoms in total. The molecule has 1 radical (unpaired) electrons. The number of hydrogen-bond donors (Lipinski definition) is 8. The average Bonchev–Trinajstić information content (AvgIpc) is 2.81. The summed E-state index contributed by atoms with van der Waals surface area (Å²) < 4.78 is 0. The minimum Gasteiger partial charge on any atom is -0.394 e. The zero-order valence-corrected chi connectivity index (χ0v) is 21.3. The molecule has 8 N–H and O–H groups in total. The number of nitrogens with one attached hydrogen (secondary N) is 5. The maximum atomic E-state index is 12.6. The third-order valence-electron chi connectivity index (χ3n) is 4.65. The molecule has 0 bridgehead atoms. The van der Waals surface area contributed by atoms with Crippen molar-refractivity contribution in [2.45, 2.75) is 58.3 Å². The van der Waals surface area contributed by atoms with Gasteiger partial charge in [0, 0.05) is 5.75 Å². The van der Waals surface area contributed by atoms with Crippen molar-refractivity contribution < 1.29 is 33.9 Å². The van der Waals surface area contributed by atoms with Crippen LogP contribution in [0.15, 0.2) is 0 Å². The first kappa shape index (κ1) is 32.3. The molecule has 0 aromatic rings. The third kappa shape index (κ3) is 13.1. The molecule has 0 aliphatic carbocycles. The van der Waals surface area contributed by atoms with Gasteiger partial charge in [0.15, 0.2) is 0 Å². The summed E-state index contributed by atoms with van der Waals surface area (Å²) >= 11 is 3.96. The standard InChI is InChI=1S/C21H37N6O7S/c1-11(2)5-15(26-19(32)14(22)10-35)20(33)23-7-17(31)27-18(12(3)4)21(34)24-6-16(30)25-13(8-28)9-29/h11-15,18,28,35H,5-8,10,22H2,1-4H3,(H,23,33)(H,24,34)(H,25,30)(H,26,32)(H,27,31)/t13-,14-,15-,18-/m0/s1. The third-order valence-corrected chi connectivity index (χ3v) is 5.04. The highest BCUT2D eigenvalue weighted by molar-refractivity contribution is 7.80. The Hall–Kier alpha value is -2.71. The molecule has 0 rings (SSSR count). The highest BCUT2D eigenvalue weighted by Crippen LogP contribution is 2.06. The van der Waals surface area contributed by atoms with Gasteiger partial charge in [-0.05, 0) is 18.3 Å². The van der Waals surface area contributed by atoms with Crippen LogP contribution in [-0.2, 0) is 28.8 Å². The summed E-state index contributed by atoms with van der Waals surface area (Å²) in [4.78, 5) is 71.7. The highest BCUT2D eigenvalue weighted by Gasteiger charge is 2.27. The molecule has 5 amide bonds. The van der Waals surface area contributed by atoms with Gasteiger partial charge in [-0.15, -0.1) is 0 Å². The lowest BCUT2D eigenvalue weighted by molar-refractivity contribution is -0.132. The molecule has 0 saturated heterocycles.